The third-order valence-electron chi connectivity index (χ3n) is 4.03. The van der Waals surface area contributed by atoms with E-state index in [1.165, 1.54) is 16.4 Å². The SMILES string of the molecule is CN1CCc2ccc(Nc3cc(C(F)(F)F)nc4ncnn34)cc21. The Morgan fingerprint density at radius 2 is 2.04 bits per heavy atom. The number of benzene rings is 1. The molecule has 0 unspecified atom stereocenters. The van der Waals surface area contributed by atoms with E-state index >= 15 is 0 Å². The summed E-state index contributed by atoms with van der Waals surface area (Å²) in [7, 11) is 1.99. The summed E-state index contributed by atoms with van der Waals surface area (Å²) in [6.45, 7) is 0.930. The minimum absolute atomic E-state index is 0.106. The molecule has 124 valence electrons. The quantitative estimate of drug-likeness (QED) is 0.781. The highest BCUT2D eigenvalue weighted by Gasteiger charge is 2.34. The molecule has 0 aliphatic carbocycles. The third-order valence-corrected chi connectivity index (χ3v) is 4.03. The molecule has 2 aromatic heterocycles. The van der Waals surface area contributed by atoms with Gasteiger partial charge in [0.15, 0.2) is 5.69 Å². The molecular formula is C15H13F3N6. The number of aromatic nitrogens is 4. The van der Waals surface area contributed by atoms with Gasteiger partial charge in [-0.25, -0.2) is 4.98 Å². The Morgan fingerprint density at radius 3 is 2.83 bits per heavy atom. The number of hydrogen-bond donors (Lipinski definition) is 1. The van der Waals surface area contributed by atoms with E-state index in [1.54, 1.807) is 0 Å². The van der Waals surface area contributed by atoms with Crippen LogP contribution in [-0.2, 0) is 12.6 Å². The van der Waals surface area contributed by atoms with Crippen molar-refractivity contribution in [2.75, 3.05) is 23.8 Å². The second-order valence-electron chi connectivity index (χ2n) is 5.64. The van der Waals surface area contributed by atoms with Crippen molar-refractivity contribution in [1.29, 1.82) is 0 Å². The maximum atomic E-state index is 13.0. The molecule has 0 bridgehead atoms. The van der Waals surface area contributed by atoms with Gasteiger partial charge in [-0.2, -0.15) is 27.8 Å². The predicted octanol–water partition coefficient (Wildman–Crippen LogP) is 2.88. The van der Waals surface area contributed by atoms with Gasteiger partial charge in [0.1, 0.15) is 12.1 Å². The van der Waals surface area contributed by atoms with Crippen LogP contribution in [0.4, 0.5) is 30.4 Å². The maximum Gasteiger partial charge on any atom is 0.433 e. The molecule has 9 heteroatoms. The van der Waals surface area contributed by atoms with Crippen LogP contribution in [0.2, 0.25) is 0 Å². The monoisotopic (exact) mass is 334 g/mol. The first-order valence-electron chi connectivity index (χ1n) is 7.31. The lowest BCUT2D eigenvalue weighted by molar-refractivity contribution is -0.141. The van der Waals surface area contributed by atoms with Crippen molar-refractivity contribution in [3.8, 4) is 0 Å². The molecule has 24 heavy (non-hydrogen) atoms. The maximum absolute atomic E-state index is 13.0. The van der Waals surface area contributed by atoms with Crippen molar-refractivity contribution >= 4 is 23.0 Å². The molecule has 3 aromatic rings. The molecule has 1 aromatic carbocycles. The van der Waals surface area contributed by atoms with E-state index in [9.17, 15) is 13.2 Å². The summed E-state index contributed by atoms with van der Waals surface area (Å²) in [5.41, 5.74) is 1.96. The fourth-order valence-corrected chi connectivity index (χ4v) is 2.81. The van der Waals surface area contributed by atoms with Crippen LogP contribution >= 0.6 is 0 Å². The summed E-state index contributed by atoms with van der Waals surface area (Å²) < 4.78 is 40.3. The summed E-state index contributed by atoms with van der Waals surface area (Å²) in [5.74, 6) is 0.0519. The van der Waals surface area contributed by atoms with Crippen molar-refractivity contribution in [1.82, 2.24) is 19.6 Å². The van der Waals surface area contributed by atoms with Crippen molar-refractivity contribution in [2.24, 2.45) is 0 Å². The van der Waals surface area contributed by atoms with Gasteiger partial charge in [0.2, 0.25) is 0 Å². The molecule has 4 rings (SSSR count). The van der Waals surface area contributed by atoms with Gasteiger partial charge in [-0.15, -0.1) is 0 Å². The van der Waals surface area contributed by atoms with Crippen LogP contribution in [0.3, 0.4) is 0 Å². The summed E-state index contributed by atoms with van der Waals surface area (Å²) in [5, 5.41) is 6.92. The minimum atomic E-state index is -4.55. The number of halogens is 3. The Labute approximate surface area is 134 Å². The number of alkyl halides is 3. The van der Waals surface area contributed by atoms with E-state index in [0.29, 0.717) is 5.69 Å². The molecule has 0 radical (unpaired) electrons. The first kappa shape index (κ1) is 14.7. The number of likely N-dealkylation sites (N-methyl/N-ethyl adjacent to an activating group) is 1. The van der Waals surface area contributed by atoms with Crippen molar-refractivity contribution in [3.63, 3.8) is 0 Å². The number of anilines is 3. The van der Waals surface area contributed by atoms with E-state index < -0.39 is 11.9 Å². The highest BCUT2D eigenvalue weighted by Crippen LogP contribution is 2.33. The predicted molar refractivity (Wildman–Crippen MR) is 82.5 cm³/mol. The van der Waals surface area contributed by atoms with E-state index in [0.717, 1.165) is 24.7 Å². The Morgan fingerprint density at radius 1 is 1.21 bits per heavy atom. The van der Waals surface area contributed by atoms with E-state index in [-0.39, 0.29) is 11.6 Å². The van der Waals surface area contributed by atoms with Gasteiger partial charge in [0.05, 0.1) is 0 Å². The van der Waals surface area contributed by atoms with Gasteiger partial charge in [-0.1, -0.05) is 6.07 Å². The normalized spacial score (nSPS) is 14.2. The zero-order valence-electron chi connectivity index (χ0n) is 12.7. The van der Waals surface area contributed by atoms with Gasteiger partial charge in [-0.3, -0.25) is 0 Å². The number of fused-ring (bicyclic) bond motifs is 2. The zero-order valence-corrected chi connectivity index (χ0v) is 12.7. The van der Waals surface area contributed by atoms with Crippen LogP contribution < -0.4 is 10.2 Å². The second kappa shape index (κ2) is 5.08. The van der Waals surface area contributed by atoms with E-state index in [1.807, 2.05) is 25.2 Å². The van der Waals surface area contributed by atoms with Crippen LogP contribution in [0.25, 0.3) is 5.78 Å². The van der Waals surface area contributed by atoms with Gasteiger partial charge >= 0.3 is 6.18 Å². The van der Waals surface area contributed by atoms with E-state index in [2.05, 4.69) is 25.3 Å². The van der Waals surface area contributed by atoms with Crippen molar-refractivity contribution < 1.29 is 13.2 Å². The average Bonchev–Trinajstić information content (AvgIpc) is 3.14. The molecule has 0 atom stereocenters. The van der Waals surface area contributed by atoms with Crippen molar-refractivity contribution in [3.05, 3.63) is 41.9 Å². The molecule has 1 aliphatic rings. The lowest BCUT2D eigenvalue weighted by Gasteiger charge is -2.15. The van der Waals surface area contributed by atoms with E-state index in [4.69, 9.17) is 0 Å². The fourth-order valence-electron chi connectivity index (χ4n) is 2.81. The molecule has 3 heterocycles. The minimum Gasteiger partial charge on any atom is -0.374 e. The highest BCUT2D eigenvalue weighted by atomic mass is 19.4. The van der Waals surface area contributed by atoms with Gasteiger partial charge in [-0.05, 0) is 24.1 Å². The topological polar surface area (TPSA) is 58.3 Å². The summed E-state index contributed by atoms with van der Waals surface area (Å²) in [6, 6.07) is 6.66. The Bertz CT molecular complexity index is 917. The fraction of sp³-hybridized carbons (Fsp3) is 0.267. The third kappa shape index (κ3) is 2.41. The van der Waals surface area contributed by atoms with Crippen LogP contribution in [-0.4, -0.2) is 33.2 Å². The summed E-state index contributed by atoms with van der Waals surface area (Å²) in [4.78, 5) is 9.36. The summed E-state index contributed by atoms with van der Waals surface area (Å²) >= 11 is 0. The molecule has 0 fully saturated rings. The first-order chi connectivity index (χ1) is 11.4. The van der Waals surface area contributed by atoms with Crippen LogP contribution in [0.5, 0.6) is 0 Å². The zero-order chi connectivity index (χ0) is 16.9. The standard InChI is InChI=1S/C15H13F3N6/c1-23-5-4-9-2-3-10(6-11(9)23)21-13-7-12(15(16,17)18)22-14-19-8-20-24(13)14/h2-3,6-8,21H,4-5H2,1H3. The second-order valence-corrected chi connectivity index (χ2v) is 5.64. The molecule has 0 spiro atoms. The Kier molecular flexibility index (Phi) is 3.12. The molecular weight excluding hydrogens is 321 g/mol. The molecule has 0 saturated carbocycles. The van der Waals surface area contributed by atoms with Gasteiger partial charge in [0, 0.05) is 31.0 Å². The molecule has 0 amide bonds. The number of rotatable bonds is 2. The number of nitrogens with one attached hydrogen (secondary N) is 1. The van der Waals surface area contributed by atoms with Gasteiger partial charge in [0.25, 0.3) is 5.78 Å². The lowest BCUT2D eigenvalue weighted by Crippen LogP contribution is -2.13. The average molecular weight is 334 g/mol. The van der Waals surface area contributed by atoms with Crippen LogP contribution in [0.15, 0.2) is 30.6 Å². The Balaban J connectivity index is 1.77. The first-order valence-corrected chi connectivity index (χ1v) is 7.31. The highest BCUT2D eigenvalue weighted by molar-refractivity contribution is 5.69. The molecule has 1 aliphatic heterocycles. The lowest BCUT2D eigenvalue weighted by atomic mass is 10.1. The Hall–Kier alpha value is -2.84. The number of hydrogen-bond acceptors (Lipinski definition) is 5. The number of nitrogens with zero attached hydrogens (tertiary/aromatic N) is 5. The molecule has 0 saturated heterocycles. The van der Waals surface area contributed by atoms with Crippen LogP contribution in [0, 0.1) is 0 Å². The molecule has 6 nitrogen and oxygen atoms in total. The van der Waals surface area contributed by atoms with Crippen LogP contribution in [0.1, 0.15) is 11.3 Å². The smallest absolute Gasteiger partial charge is 0.374 e. The summed E-state index contributed by atoms with van der Waals surface area (Å²) in [6.07, 6.45) is -2.42. The van der Waals surface area contributed by atoms with Gasteiger partial charge < -0.3 is 10.2 Å². The largest absolute Gasteiger partial charge is 0.433 e. The van der Waals surface area contributed by atoms with Crippen molar-refractivity contribution in [2.45, 2.75) is 12.6 Å². The molecule has 1 N–H and O–H groups in total.